The molecule has 22 heavy (non-hydrogen) atoms. The lowest BCUT2D eigenvalue weighted by Gasteiger charge is -2.11. The molecule has 2 aromatic rings. The van der Waals surface area contributed by atoms with Gasteiger partial charge in [-0.05, 0) is 44.5 Å². The summed E-state index contributed by atoms with van der Waals surface area (Å²) in [4.78, 5) is 23.1. The SMILES string of the molecule is Cc1ccc(OCCCn2c(C)ccc(C(=O)O)c2=O)cc1. The average Bonchev–Trinajstić information content (AvgIpc) is 2.47. The molecule has 0 radical (unpaired) electrons. The summed E-state index contributed by atoms with van der Waals surface area (Å²) < 4.78 is 7.08. The number of nitrogens with zero attached hydrogens (tertiary/aromatic N) is 1. The Hall–Kier alpha value is -2.56. The fraction of sp³-hybridized carbons (Fsp3) is 0.294. The summed E-state index contributed by atoms with van der Waals surface area (Å²) in [6.07, 6.45) is 0.623. The number of carboxylic acids is 1. The van der Waals surface area contributed by atoms with E-state index in [1.807, 2.05) is 31.2 Å². The lowest BCUT2D eigenvalue weighted by molar-refractivity contribution is 0.0694. The van der Waals surface area contributed by atoms with E-state index in [0.717, 1.165) is 11.4 Å². The summed E-state index contributed by atoms with van der Waals surface area (Å²) in [5.41, 5.74) is 1.23. The minimum atomic E-state index is -1.20. The maximum Gasteiger partial charge on any atom is 0.341 e. The molecule has 5 heteroatoms. The molecule has 0 saturated heterocycles. The van der Waals surface area contributed by atoms with Crippen LogP contribution in [0, 0.1) is 13.8 Å². The van der Waals surface area contributed by atoms with Gasteiger partial charge in [0.2, 0.25) is 0 Å². The van der Waals surface area contributed by atoms with Gasteiger partial charge in [-0.25, -0.2) is 4.79 Å². The molecular formula is C17H19NO4. The number of aryl methyl sites for hydroxylation is 2. The van der Waals surface area contributed by atoms with Crippen molar-refractivity contribution in [3.05, 3.63) is 63.6 Å². The molecule has 1 aromatic carbocycles. The summed E-state index contributed by atoms with van der Waals surface area (Å²) in [7, 11) is 0. The van der Waals surface area contributed by atoms with E-state index in [2.05, 4.69) is 0 Å². The largest absolute Gasteiger partial charge is 0.494 e. The van der Waals surface area contributed by atoms with Crippen molar-refractivity contribution in [2.75, 3.05) is 6.61 Å². The number of carboxylic acid groups (broad SMARTS) is 1. The Balaban J connectivity index is 1.97. The highest BCUT2D eigenvalue weighted by molar-refractivity contribution is 5.87. The van der Waals surface area contributed by atoms with E-state index in [1.165, 1.54) is 16.2 Å². The number of ether oxygens (including phenoxy) is 1. The predicted octanol–water partition coefficient (Wildman–Crippen LogP) is 2.63. The second-order valence-electron chi connectivity index (χ2n) is 5.17. The Morgan fingerprint density at radius 1 is 1.14 bits per heavy atom. The van der Waals surface area contributed by atoms with Crippen molar-refractivity contribution in [1.82, 2.24) is 4.57 Å². The third kappa shape index (κ3) is 3.75. The maximum absolute atomic E-state index is 12.1. The van der Waals surface area contributed by atoms with Crippen LogP contribution in [0.4, 0.5) is 0 Å². The van der Waals surface area contributed by atoms with Gasteiger partial charge in [0.05, 0.1) is 6.61 Å². The first kappa shape index (κ1) is 15.8. The summed E-state index contributed by atoms with van der Waals surface area (Å²) >= 11 is 0. The van der Waals surface area contributed by atoms with Gasteiger partial charge in [-0.1, -0.05) is 17.7 Å². The smallest absolute Gasteiger partial charge is 0.341 e. The molecule has 1 aromatic heterocycles. The highest BCUT2D eigenvalue weighted by Crippen LogP contribution is 2.11. The van der Waals surface area contributed by atoms with Crippen molar-refractivity contribution in [3.8, 4) is 5.75 Å². The van der Waals surface area contributed by atoms with Crippen LogP contribution in [0.25, 0.3) is 0 Å². The van der Waals surface area contributed by atoms with E-state index in [9.17, 15) is 9.59 Å². The highest BCUT2D eigenvalue weighted by Gasteiger charge is 2.12. The fourth-order valence-corrected chi connectivity index (χ4v) is 2.16. The zero-order valence-electron chi connectivity index (χ0n) is 12.7. The minimum absolute atomic E-state index is 0.204. The van der Waals surface area contributed by atoms with Gasteiger partial charge in [0.25, 0.3) is 5.56 Å². The molecule has 0 aliphatic heterocycles. The predicted molar refractivity (Wildman–Crippen MR) is 83.7 cm³/mol. The number of aromatic carboxylic acids is 1. The lowest BCUT2D eigenvalue weighted by atomic mass is 10.2. The standard InChI is InChI=1S/C17H19NO4/c1-12-4-7-14(8-5-12)22-11-3-10-18-13(2)6-9-15(16(18)19)17(20)21/h4-9H,3,10-11H2,1-2H3,(H,20,21). The van der Waals surface area contributed by atoms with E-state index in [-0.39, 0.29) is 5.56 Å². The molecule has 0 unspecified atom stereocenters. The average molecular weight is 301 g/mol. The van der Waals surface area contributed by atoms with Crippen LogP contribution in [0.1, 0.15) is 28.0 Å². The molecule has 0 bridgehead atoms. The van der Waals surface area contributed by atoms with Gasteiger partial charge < -0.3 is 14.4 Å². The Bertz CT molecular complexity index is 716. The number of pyridine rings is 1. The first-order valence-corrected chi connectivity index (χ1v) is 7.12. The van der Waals surface area contributed by atoms with Crippen molar-refractivity contribution in [3.63, 3.8) is 0 Å². The van der Waals surface area contributed by atoms with Crippen LogP contribution in [0.15, 0.2) is 41.2 Å². The monoisotopic (exact) mass is 301 g/mol. The number of rotatable bonds is 6. The van der Waals surface area contributed by atoms with Crippen LogP contribution < -0.4 is 10.3 Å². The van der Waals surface area contributed by atoms with Crippen LogP contribution in [0.2, 0.25) is 0 Å². The second kappa shape index (κ2) is 6.93. The summed E-state index contributed by atoms with van der Waals surface area (Å²) in [6, 6.07) is 10.7. The van der Waals surface area contributed by atoms with Crippen LogP contribution in [-0.4, -0.2) is 22.2 Å². The van der Waals surface area contributed by atoms with Crippen molar-refractivity contribution in [1.29, 1.82) is 0 Å². The van der Waals surface area contributed by atoms with Crippen molar-refractivity contribution in [2.45, 2.75) is 26.8 Å². The molecular weight excluding hydrogens is 282 g/mol. The molecule has 0 saturated carbocycles. The second-order valence-corrected chi connectivity index (χ2v) is 5.17. The molecule has 0 fully saturated rings. The molecule has 0 spiro atoms. The van der Waals surface area contributed by atoms with Crippen LogP contribution in [0.3, 0.4) is 0 Å². The van der Waals surface area contributed by atoms with Gasteiger partial charge in [-0.2, -0.15) is 0 Å². The molecule has 0 amide bonds. The van der Waals surface area contributed by atoms with Gasteiger partial charge in [0.1, 0.15) is 11.3 Å². The maximum atomic E-state index is 12.1. The molecule has 0 aliphatic carbocycles. The van der Waals surface area contributed by atoms with E-state index in [1.54, 1.807) is 13.0 Å². The van der Waals surface area contributed by atoms with Crippen LogP contribution in [0.5, 0.6) is 5.75 Å². The minimum Gasteiger partial charge on any atom is -0.494 e. The quantitative estimate of drug-likeness (QED) is 0.833. The zero-order chi connectivity index (χ0) is 16.1. The molecule has 116 valence electrons. The number of hydrogen-bond donors (Lipinski definition) is 1. The molecule has 0 aliphatic rings. The number of hydrogen-bond acceptors (Lipinski definition) is 3. The Labute approximate surface area is 128 Å². The topological polar surface area (TPSA) is 68.5 Å². The van der Waals surface area contributed by atoms with E-state index in [0.29, 0.717) is 19.6 Å². The summed E-state index contributed by atoms with van der Waals surface area (Å²) in [5.74, 6) is -0.413. The summed E-state index contributed by atoms with van der Waals surface area (Å²) in [6.45, 7) is 4.69. The van der Waals surface area contributed by atoms with Crippen LogP contribution >= 0.6 is 0 Å². The van der Waals surface area contributed by atoms with Crippen LogP contribution in [-0.2, 0) is 6.54 Å². The number of carbonyl (C=O) groups is 1. The van der Waals surface area contributed by atoms with Crippen molar-refractivity contribution >= 4 is 5.97 Å². The van der Waals surface area contributed by atoms with Gasteiger partial charge in [-0.3, -0.25) is 4.79 Å². The molecule has 2 rings (SSSR count). The molecule has 1 heterocycles. The van der Waals surface area contributed by atoms with Gasteiger partial charge in [-0.15, -0.1) is 0 Å². The molecule has 5 nitrogen and oxygen atoms in total. The normalized spacial score (nSPS) is 10.5. The number of aromatic nitrogens is 1. The Morgan fingerprint density at radius 3 is 2.45 bits per heavy atom. The highest BCUT2D eigenvalue weighted by atomic mass is 16.5. The first-order chi connectivity index (χ1) is 10.5. The van der Waals surface area contributed by atoms with Gasteiger partial charge in [0.15, 0.2) is 0 Å². The summed E-state index contributed by atoms with van der Waals surface area (Å²) in [5, 5.41) is 8.99. The third-order valence-electron chi connectivity index (χ3n) is 3.44. The van der Waals surface area contributed by atoms with E-state index >= 15 is 0 Å². The number of benzene rings is 1. The molecule has 1 N–H and O–H groups in total. The van der Waals surface area contributed by atoms with Crippen molar-refractivity contribution in [2.24, 2.45) is 0 Å². The lowest BCUT2D eigenvalue weighted by Crippen LogP contribution is -2.28. The Morgan fingerprint density at radius 2 is 1.82 bits per heavy atom. The zero-order valence-corrected chi connectivity index (χ0v) is 12.7. The van der Waals surface area contributed by atoms with Gasteiger partial charge in [0, 0.05) is 12.2 Å². The van der Waals surface area contributed by atoms with E-state index < -0.39 is 11.5 Å². The molecule has 0 atom stereocenters. The third-order valence-corrected chi connectivity index (χ3v) is 3.44. The van der Waals surface area contributed by atoms with E-state index in [4.69, 9.17) is 9.84 Å². The van der Waals surface area contributed by atoms with Crippen molar-refractivity contribution < 1.29 is 14.6 Å². The Kier molecular flexibility index (Phi) is 4.99. The fourth-order valence-electron chi connectivity index (χ4n) is 2.16. The van der Waals surface area contributed by atoms with Gasteiger partial charge >= 0.3 is 5.97 Å². The first-order valence-electron chi connectivity index (χ1n) is 7.12.